The zero-order valence-corrected chi connectivity index (χ0v) is 24.0. The molecule has 0 radical (unpaired) electrons. The van der Waals surface area contributed by atoms with E-state index in [0.29, 0.717) is 40.8 Å². The number of hydrogen-bond donors (Lipinski definition) is 0. The van der Waals surface area contributed by atoms with E-state index in [1.165, 1.54) is 27.8 Å². The van der Waals surface area contributed by atoms with Crippen LogP contribution in [0.1, 0.15) is 36.5 Å². The third-order valence-electron chi connectivity index (χ3n) is 5.98. The molecule has 0 saturated heterocycles. The number of thiazole rings is 1. The summed E-state index contributed by atoms with van der Waals surface area (Å²) in [6.07, 6.45) is 2.44. The van der Waals surface area contributed by atoms with Crippen molar-refractivity contribution in [3.8, 4) is 11.5 Å². The van der Waals surface area contributed by atoms with Gasteiger partial charge in [0.05, 0.1) is 29.3 Å². The number of anilines is 1. The third kappa shape index (κ3) is 6.78. The van der Waals surface area contributed by atoms with E-state index < -0.39 is 10.0 Å². The smallest absolute Gasteiger partial charge is 0.260 e. The lowest BCUT2D eigenvalue weighted by molar-refractivity contribution is 0.0986. The monoisotopic (exact) mass is 548 g/mol. The van der Waals surface area contributed by atoms with Crippen molar-refractivity contribution in [2.45, 2.75) is 31.1 Å². The van der Waals surface area contributed by atoms with Gasteiger partial charge < -0.3 is 14.4 Å². The molecule has 0 bridgehead atoms. The predicted molar refractivity (Wildman–Crippen MR) is 149 cm³/mol. The second kappa shape index (κ2) is 12.7. The molecular weight excluding hydrogens is 512 g/mol. The fourth-order valence-electron chi connectivity index (χ4n) is 3.79. The molecular formula is C26H36N4O5S2. The maximum atomic E-state index is 13.6. The molecule has 0 unspecified atom stereocenters. The SMILES string of the molecule is CCCCN(C)S(=O)(=O)c1ccc(C(=O)N(CCCN(C)C)c2nc3cc(OC)c(OC)cc3s2)cc1. The van der Waals surface area contributed by atoms with E-state index in [-0.39, 0.29) is 10.8 Å². The number of benzene rings is 2. The Morgan fingerprint density at radius 3 is 2.19 bits per heavy atom. The lowest BCUT2D eigenvalue weighted by Gasteiger charge is -2.21. The summed E-state index contributed by atoms with van der Waals surface area (Å²) in [6, 6.07) is 9.79. The van der Waals surface area contributed by atoms with Gasteiger partial charge in [-0.3, -0.25) is 9.69 Å². The highest BCUT2D eigenvalue weighted by atomic mass is 32.2. The molecule has 1 amide bonds. The number of ether oxygens (including phenoxy) is 2. The molecule has 3 aromatic rings. The second-order valence-electron chi connectivity index (χ2n) is 8.99. The van der Waals surface area contributed by atoms with Crippen LogP contribution in [0, 0.1) is 0 Å². The Balaban J connectivity index is 1.93. The summed E-state index contributed by atoms with van der Waals surface area (Å²) < 4.78 is 38.8. The van der Waals surface area contributed by atoms with Crippen molar-refractivity contribution in [1.82, 2.24) is 14.2 Å². The molecule has 0 fully saturated rings. The van der Waals surface area contributed by atoms with E-state index in [1.807, 2.05) is 27.1 Å². The van der Waals surface area contributed by atoms with Crippen LogP contribution in [0.5, 0.6) is 11.5 Å². The van der Waals surface area contributed by atoms with Crippen molar-refractivity contribution in [3.05, 3.63) is 42.0 Å². The fourth-order valence-corrected chi connectivity index (χ4v) is 6.00. The highest BCUT2D eigenvalue weighted by molar-refractivity contribution is 7.89. The molecule has 0 atom stereocenters. The first-order chi connectivity index (χ1) is 17.6. The summed E-state index contributed by atoms with van der Waals surface area (Å²) in [4.78, 5) is 22.3. The van der Waals surface area contributed by atoms with Crippen molar-refractivity contribution in [2.24, 2.45) is 0 Å². The maximum absolute atomic E-state index is 13.6. The van der Waals surface area contributed by atoms with Gasteiger partial charge in [0, 0.05) is 37.8 Å². The van der Waals surface area contributed by atoms with Gasteiger partial charge in [-0.2, -0.15) is 0 Å². The third-order valence-corrected chi connectivity index (χ3v) is 8.89. The average molecular weight is 549 g/mol. The number of amides is 1. The van der Waals surface area contributed by atoms with Crippen LogP contribution < -0.4 is 14.4 Å². The molecule has 3 rings (SSSR count). The highest BCUT2D eigenvalue weighted by Gasteiger charge is 2.24. The second-order valence-corrected chi connectivity index (χ2v) is 12.0. The van der Waals surface area contributed by atoms with E-state index in [4.69, 9.17) is 14.5 Å². The number of carbonyl (C=O) groups excluding carboxylic acids is 1. The molecule has 0 saturated carbocycles. The van der Waals surface area contributed by atoms with Gasteiger partial charge in [0.15, 0.2) is 16.6 Å². The Morgan fingerprint density at radius 2 is 1.59 bits per heavy atom. The van der Waals surface area contributed by atoms with Gasteiger partial charge in [0.2, 0.25) is 10.0 Å². The maximum Gasteiger partial charge on any atom is 0.260 e. The minimum Gasteiger partial charge on any atom is -0.493 e. The highest BCUT2D eigenvalue weighted by Crippen LogP contribution is 2.37. The van der Waals surface area contributed by atoms with Crippen LogP contribution in [0.15, 0.2) is 41.3 Å². The van der Waals surface area contributed by atoms with Crippen LogP contribution in [0.25, 0.3) is 10.2 Å². The van der Waals surface area contributed by atoms with Crippen LogP contribution >= 0.6 is 11.3 Å². The molecule has 37 heavy (non-hydrogen) atoms. The van der Waals surface area contributed by atoms with Crippen molar-refractivity contribution in [3.63, 3.8) is 0 Å². The van der Waals surface area contributed by atoms with Crippen molar-refractivity contribution >= 4 is 42.6 Å². The van der Waals surface area contributed by atoms with E-state index in [1.54, 1.807) is 44.4 Å². The molecule has 202 valence electrons. The first kappa shape index (κ1) is 28.8. The quantitative estimate of drug-likeness (QED) is 0.314. The Bertz CT molecular complexity index is 1270. The van der Waals surface area contributed by atoms with Gasteiger partial charge in [0.25, 0.3) is 5.91 Å². The predicted octanol–water partition coefficient (Wildman–Crippen LogP) is 4.33. The summed E-state index contributed by atoms with van der Waals surface area (Å²) in [6.45, 7) is 3.73. The minimum atomic E-state index is -3.61. The van der Waals surface area contributed by atoms with Crippen LogP contribution in [0.3, 0.4) is 0 Å². The van der Waals surface area contributed by atoms with E-state index in [9.17, 15) is 13.2 Å². The summed E-state index contributed by atoms with van der Waals surface area (Å²) in [5.74, 6) is 0.925. The number of nitrogens with zero attached hydrogens (tertiary/aromatic N) is 4. The summed E-state index contributed by atoms with van der Waals surface area (Å²) >= 11 is 1.40. The van der Waals surface area contributed by atoms with E-state index in [2.05, 4.69) is 4.90 Å². The molecule has 1 heterocycles. The Labute approximate surface area is 223 Å². The number of unbranched alkanes of at least 4 members (excludes halogenated alkanes) is 1. The number of carbonyl (C=O) groups is 1. The normalized spacial score (nSPS) is 11.9. The average Bonchev–Trinajstić information content (AvgIpc) is 3.30. The fraction of sp³-hybridized carbons (Fsp3) is 0.462. The zero-order chi connectivity index (χ0) is 27.2. The standard InChI is InChI=1S/C26H36N4O5S2/c1-7-8-15-29(4)37(32,33)20-12-10-19(11-13-20)25(31)30(16-9-14-28(2)3)26-27-21-17-22(34-5)23(35-6)18-24(21)36-26/h10-13,17-18H,7-9,14-16H2,1-6H3. The van der Waals surface area contributed by atoms with Crippen molar-refractivity contribution in [2.75, 3.05) is 59.9 Å². The minimum absolute atomic E-state index is 0.168. The molecule has 0 spiro atoms. The number of sulfonamides is 1. The van der Waals surface area contributed by atoms with Crippen LogP contribution in [0.2, 0.25) is 0 Å². The van der Waals surface area contributed by atoms with Crippen LogP contribution in [-0.4, -0.2) is 83.5 Å². The van der Waals surface area contributed by atoms with Gasteiger partial charge >= 0.3 is 0 Å². The molecule has 0 aliphatic carbocycles. The Kier molecular flexibility index (Phi) is 9.88. The number of fused-ring (bicyclic) bond motifs is 1. The number of rotatable bonds is 13. The lowest BCUT2D eigenvalue weighted by Crippen LogP contribution is -2.33. The topological polar surface area (TPSA) is 92.3 Å². The van der Waals surface area contributed by atoms with Crippen molar-refractivity contribution < 1.29 is 22.7 Å². The molecule has 0 aliphatic rings. The van der Waals surface area contributed by atoms with E-state index in [0.717, 1.165) is 30.5 Å². The van der Waals surface area contributed by atoms with Crippen LogP contribution in [-0.2, 0) is 10.0 Å². The first-order valence-electron chi connectivity index (χ1n) is 12.2. The Hall–Kier alpha value is -2.73. The van der Waals surface area contributed by atoms with Gasteiger partial charge in [0.1, 0.15) is 0 Å². The molecule has 2 aromatic carbocycles. The number of hydrogen-bond acceptors (Lipinski definition) is 8. The summed E-state index contributed by atoms with van der Waals surface area (Å²) in [5, 5.41) is 0.560. The van der Waals surface area contributed by atoms with Gasteiger partial charge in [-0.25, -0.2) is 17.7 Å². The summed E-state index contributed by atoms with van der Waals surface area (Å²) in [5.41, 5.74) is 1.11. The molecule has 0 aliphatic heterocycles. The first-order valence-corrected chi connectivity index (χ1v) is 14.4. The van der Waals surface area contributed by atoms with Crippen LogP contribution in [0.4, 0.5) is 5.13 Å². The van der Waals surface area contributed by atoms with Gasteiger partial charge in [-0.1, -0.05) is 24.7 Å². The van der Waals surface area contributed by atoms with Gasteiger partial charge in [-0.05, 0) is 57.7 Å². The number of methoxy groups -OCH3 is 2. The largest absolute Gasteiger partial charge is 0.493 e. The summed E-state index contributed by atoms with van der Waals surface area (Å²) in [7, 11) is 5.08. The molecule has 0 N–H and O–H groups in total. The molecule has 9 nitrogen and oxygen atoms in total. The van der Waals surface area contributed by atoms with Crippen molar-refractivity contribution in [1.29, 1.82) is 0 Å². The molecule has 11 heteroatoms. The number of aromatic nitrogens is 1. The Morgan fingerprint density at radius 1 is 0.946 bits per heavy atom. The zero-order valence-electron chi connectivity index (χ0n) is 22.4. The molecule has 1 aromatic heterocycles. The van der Waals surface area contributed by atoms with E-state index >= 15 is 0 Å². The lowest BCUT2D eigenvalue weighted by atomic mass is 10.2. The van der Waals surface area contributed by atoms with Gasteiger partial charge in [-0.15, -0.1) is 0 Å².